The summed E-state index contributed by atoms with van der Waals surface area (Å²) in [7, 11) is 0. The minimum Gasteiger partial charge on any atom is -0.506 e. The van der Waals surface area contributed by atoms with E-state index in [0.717, 1.165) is 24.0 Å². The zero-order valence-corrected chi connectivity index (χ0v) is 8.25. The van der Waals surface area contributed by atoms with Gasteiger partial charge in [0, 0.05) is 0 Å². The molecule has 1 aromatic carbocycles. The number of nitrogens with two attached hydrogens (primary N) is 1. The first-order valence-electron chi connectivity index (χ1n) is 4.61. The smallest absolute Gasteiger partial charge is 0.136 e. The van der Waals surface area contributed by atoms with Crippen LogP contribution in [0.15, 0.2) is 12.1 Å². The lowest BCUT2D eigenvalue weighted by molar-refractivity contribution is 0.469. The van der Waals surface area contributed by atoms with Gasteiger partial charge in [-0.25, -0.2) is 0 Å². The summed E-state index contributed by atoms with van der Waals surface area (Å²) in [6, 6.07) is 5.59. The standard InChI is InChI=1S/C11H14N2O/c1-8-5-9(3-2-4-12)6-10(7-13)11(8)14/h5-6,14H,2-4,12H2,1H3. The third-order valence-electron chi connectivity index (χ3n) is 2.15. The first-order chi connectivity index (χ1) is 6.69. The Balaban J connectivity index is 2.99. The Morgan fingerprint density at radius 3 is 2.79 bits per heavy atom. The van der Waals surface area contributed by atoms with Crippen LogP contribution in [-0.4, -0.2) is 11.7 Å². The molecule has 0 radical (unpaired) electrons. The van der Waals surface area contributed by atoms with Gasteiger partial charge in [-0.3, -0.25) is 0 Å². The van der Waals surface area contributed by atoms with Crippen LogP contribution in [0.1, 0.15) is 23.1 Å². The van der Waals surface area contributed by atoms with E-state index >= 15 is 0 Å². The van der Waals surface area contributed by atoms with Crippen LogP contribution in [0.5, 0.6) is 5.75 Å². The topological polar surface area (TPSA) is 70.0 Å². The molecule has 0 saturated heterocycles. The molecule has 0 saturated carbocycles. The van der Waals surface area contributed by atoms with Crippen LogP contribution in [0.25, 0.3) is 0 Å². The third kappa shape index (κ3) is 2.24. The maximum Gasteiger partial charge on any atom is 0.136 e. The quantitative estimate of drug-likeness (QED) is 0.758. The van der Waals surface area contributed by atoms with E-state index in [1.807, 2.05) is 12.1 Å². The molecular formula is C11H14N2O. The van der Waals surface area contributed by atoms with Crippen molar-refractivity contribution in [2.75, 3.05) is 6.54 Å². The summed E-state index contributed by atoms with van der Waals surface area (Å²) in [5, 5.41) is 18.3. The number of phenols is 1. The molecule has 0 unspecified atom stereocenters. The number of rotatable bonds is 3. The molecule has 0 amide bonds. The number of aromatic hydroxyl groups is 1. The summed E-state index contributed by atoms with van der Waals surface area (Å²) in [4.78, 5) is 0. The molecular weight excluding hydrogens is 176 g/mol. The first-order valence-corrected chi connectivity index (χ1v) is 4.61. The molecule has 0 heterocycles. The number of hydrogen-bond donors (Lipinski definition) is 2. The van der Waals surface area contributed by atoms with Gasteiger partial charge in [-0.05, 0) is 43.5 Å². The highest BCUT2D eigenvalue weighted by atomic mass is 16.3. The molecule has 0 aliphatic carbocycles. The molecule has 0 aliphatic heterocycles. The Morgan fingerprint density at radius 1 is 1.50 bits per heavy atom. The molecule has 1 aromatic rings. The summed E-state index contributed by atoms with van der Waals surface area (Å²) in [6.45, 7) is 2.43. The predicted octanol–water partition coefficient (Wildman–Crippen LogP) is 1.46. The average Bonchev–Trinajstić information content (AvgIpc) is 2.19. The van der Waals surface area contributed by atoms with Gasteiger partial charge < -0.3 is 10.8 Å². The fourth-order valence-electron chi connectivity index (χ4n) is 1.39. The maximum absolute atomic E-state index is 9.50. The third-order valence-corrected chi connectivity index (χ3v) is 2.15. The van der Waals surface area contributed by atoms with Crippen molar-refractivity contribution in [3.05, 3.63) is 28.8 Å². The van der Waals surface area contributed by atoms with E-state index < -0.39 is 0 Å². The van der Waals surface area contributed by atoms with Crippen LogP contribution in [-0.2, 0) is 6.42 Å². The minimum absolute atomic E-state index is 0.0870. The van der Waals surface area contributed by atoms with E-state index in [4.69, 9.17) is 11.0 Å². The van der Waals surface area contributed by atoms with Crippen LogP contribution >= 0.6 is 0 Å². The lowest BCUT2D eigenvalue weighted by atomic mass is 10.0. The highest BCUT2D eigenvalue weighted by Gasteiger charge is 2.05. The Bertz CT molecular complexity index is 366. The molecule has 0 aliphatic rings. The van der Waals surface area contributed by atoms with E-state index in [9.17, 15) is 5.11 Å². The molecule has 74 valence electrons. The van der Waals surface area contributed by atoms with Crippen LogP contribution < -0.4 is 5.73 Å². The minimum atomic E-state index is 0.0870. The van der Waals surface area contributed by atoms with Crippen LogP contribution in [0.3, 0.4) is 0 Å². The summed E-state index contributed by atoms with van der Waals surface area (Å²) >= 11 is 0. The molecule has 0 spiro atoms. The number of nitriles is 1. The average molecular weight is 190 g/mol. The van der Waals surface area contributed by atoms with Gasteiger partial charge in [-0.15, -0.1) is 0 Å². The van der Waals surface area contributed by atoms with E-state index in [-0.39, 0.29) is 5.75 Å². The zero-order chi connectivity index (χ0) is 10.6. The highest BCUT2D eigenvalue weighted by Crippen LogP contribution is 2.23. The molecule has 0 aromatic heterocycles. The molecule has 0 bridgehead atoms. The molecule has 1 rings (SSSR count). The van der Waals surface area contributed by atoms with Crippen molar-refractivity contribution in [3.63, 3.8) is 0 Å². The second-order valence-electron chi connectivity index (χ2n) is 3.31. The number of aryl methyl sites for hydroxylation is 2. The van der Waals surface area contributed by atoms with Gasteiger partial charge in [0.05, 0.1) is 5.56 Å². The molecule has 3 nitrogen and oxygen atoms in total. The Kier molecular flexibility index (Phi) is 3.49. The van der Waals surface area contributed by atoms with Gasteiger partial charge in [0.15, 0.2) is 0 Å². The second kappa shape index (κ2) is 4.64. The van der Waals surface area contributed by atoms with E-state index in [1.165, 1.54) is 0 Å². The number of hydrogen-bond acceptors (Lipinski definition) is 3. The SMILES string of the molecule is Cc1cc(CCCN)cc(C#N)c1O. The second-order valence-corrected chi connectivity index (χ2v) is 3.31. The zero-order valence-electron chi connectivity index (χ0n) is 8.25. The number of phenolic OH excluding ortho intramolecular Hbond substituents is 1. The van der Waals surface area contributed by atoms with Gasteiger partial charge in [0.25, 0.3) is 0 Å². The van der Waals surface area contributed by atoms with Gasteiger partial charge in [0.2, 0.25) is 0 Å². The van der Waals surface area contributed by atoms with Crippen molar-refractivity contribution in [1.29, 1.82) is 5.26 Å². The fraction of sp³-hybridized carbons (Fsp3) is 0.364. The molecule has 3 heteroatoms. The van der Waals surface area contributed by atoms with Crippen LogP contribution in [0, 0.1) is 18.3 Å². The molecule has 0 fully saturated rings. The Labute approximate surface area is 83.8 Å². The van der Waals surface area contributed by atoms with Crippen LogP contribution in [0.2, 0.25) is 0 Å². The Morgan fingerprint density at radius 2 is 2.21 bits per heavy atom. The first kappa shape index (κ1) is 10.6. The van der Waals surface area contributed by atoms with E-state index in [1.54, 1.807) is 13.0 Å². The van der Waals surface area contributed by atoms with Crippen molar-refractivity contribution >= 4 is 0 Å². The van der Waals surface area contributed by atoms with Gasteiger partial charge in [-0.2, -0.15) is 5.26 Å². The summed E-state index contributed by atoms with van der Waals surface area (Å²) < 4.78 is 0. The van der Waals surface area contributed by atoms with Crippen molar-refractivity contribution in [1.82, 2.24) is 0 Å². The van der Waals surface area contributed by atoms with E-state index in [0.29, 0.717) is 12.1 Å². The molecule has 14 heavy (non-hydrogen) atoms. The van der Waals surface area contributed by atoms with E-state index in [2.05, 4.69) is 0 Å². The predicted molar refractivity (Wildman–Crippen MR) is 54.9 cm³/mol. The number of benzene rings is 1. The maximum atomic E-state index is 9.50. The Hall–Kier alpha value is -1.53. The molecule has 0 atom stereocenters. The monoisotopic (exact) mass is 190 g/mol. The van der Waals surface area contributed by atoms with Gasteiger partial charge in [-0.1, -0.05) is 6.07 Å². The van der Waals surface area contributed by atoms with Crippen molar-refractivity contribution < 1.29 is 5.11 Å². The normalized spacial score (nSPS) is 9.79. The number of nitrogens with zero attached hydrogens (tertiary/aromatic N) is 1. The molecule has 3 N–H and O–H groups in total. The lowest BCUT2D eigenvalue weighted by Crippen LogP contribution is -2.00. The van der Waals surface area contributed by atoms with Crippen molar-refractivity contribution in [3.8, 4) is 11.8 Å². The van der Waals surface area contributed by atoms with Crippen molar-refractivity contribution in [2.24, 2.45) is 5.73 Å². The van der Waals surface area contributed by atoms with Gasteiger partial charge >= 0.3 is 0 Å². The van der Waals surface area contributed by atoms with Gasteiger partial charge in [0.1, 0.15) is 11.8 Å². The van der Waals surface area contributed by atoms with Crippen LogP contribution in [0.4, 0.5) is 0 Å². The highest BCUT2D eigenvalue weighted by molar-refractivity contribution is 5.49. The summed E-state index contributed by atoms with van der Waals surface area (Å²) in [6.07, 6.45) is 1.75. The van der Waals surface area contributed by atoms with Crippen molar-refractivity contribution in [2.45, 2.75) is 19.8 Å². The lowest BCUT2D eigenvalue weighted by Gasteiger charge is -2.05. The summed E-state index contributed by atoms with van der Waals surface area (Å²) in [5.41, 5.74) is 7.55. The fourth-order valence-corrected chi connectivity index (χ4v) is 1.39. The largest absolute Gasteiger partial charge is 0.506 e. The summed E-state index contributed by atoms with van der Waals surface area (Å²) in [5.74, 6) is 0.0870.